The van der Waals surface area contributed by atoms with E-state index < -0.39 is 0 Å². The quantitative estimate of drug-likeness (QED) is 0.380. The number of hydrogen-bond donors (Lipinski definition) is 1. The van der Waals surface area contributed by atoms with Crippen LogP contribution in [0.4, 0.5) is 0 Å². The Morgan fingerprint density at radius 1 is 1.21 bits per heavy atom. The topological polar surface area (TPSA) is 79.3 Å². The van der Waals surface area contributed by atoms with Gasteiger partial charge in [0.2, 0.25) is 0 Å². The second-order valence-corrected chi connectivity index (χ2v) is 3.70. The zero-order valence-corrected chi connectivity index (χ0v) is 9.85. The molecule has 0 saturated carbocycles. The molecule has 0 atom stereocenters. The maximum absolute atomic E-state index is 10.9. The molecule has 0 heterocycles. The minimum atomic E-state index is -0.214. The van der Waals surface area contributed by atoms with E-state index in [1.165, 1.54) is 12.3 Å². The zero-order chi connectivity index (χ0) is 13.7. The fraction of sp³-hybridized carbons (Fsp3) is 0. The van der Waals surface area contributed by atoms with Gasteiger partial charge in [-0.1, -0.05) is 12.2 Å². The summed E-state index contributed by atoms with van der Waals surface area (Å²) in [5.74, 6) is 0.532. The molecular weight excluding hydrogens is 244 g/mol. The molecule has 1 N–H and O–H groups in total. The number of nitrogens with zero attached hydrogens (tertiary/aromatic N) is 2. The lowest BCUT2D eigenvalue weighted by Crippen LogP contribution is -2.13. The molecule has 5 nitrogen and oxygen atoms in total. The molecule has 0 aromatic heterocycles. The molecule has 1 aromatic carbocycles. The number of rotatable bonds is 2. The molecule has 1 aromatic rings. The second-order valence-electron chi connectivity index (χ2n) is 3.70. The van der Waals surface area contributed by atoms with E-state index in [0.717, 1.165) is 0 Å². The summed E-state index contributed by atoms with van der Waals surface area (Å²) in [6, 6.07) is 8.55. The molecule has 0 amide bonds. The molecule has 0 saturated heterocycles. The van der Waals surface area contributed by atoms with E-state index in [2.05, 4.69) is 0 Å². The maximum Gasteiger partial charge on any atom is 0.278 e. The fourth-order valence-electron chi connectivity index (χ4n) is 1.50. The van der Waals surface area contributed by atoms with Crippen molar-refractivity contribution >= 4 is 5.71 Å². The molecule has 0 fully saturated rings. The summed E-state index contributed by atoms with van der Waals surface area (Å²) >= 11 is 0. The first kappa shape index (κ1) is 12.5. The highest BCUT2D eigenvalue weighted by atomic mass is 16.8. The van der Waals surface area contributed by atoms with Crippen LogP contribution < -0.4 is 4.74 Å². The molecule has 19 heavy (non-hydrogen) atoms. The van der Waals surface area contributed by atoms with Crippen LogP contribution >= 0.6 is 0 Å². The van der Waals surface area contributed by atoms with Crippen LogP contribution in [0.15, 0.2) is 60.4 Å². The van der Waals surface area contributed by atoms with Gasteiger partial charge in [0, 0.05) is 11.0 Å². The van der Waals surface area contributed by atoms with Gasteiger partial charge in [-0.3, -0.25) is 5.21 Å². The van der Waals surface area contributed by atoms with Gasteiger partial charge in [-0.05, 0) is 30.3 Å². The van der Waals surface area contributed by atoms with Crippen molar-refractivity contribution in [3.05, 3.63) is 71.2 Å². The van der Waals surface area contributed by atoms with E-state index in [1.54, 1.807) is 42.5 Å². The Hall–Kier alpha value is -3.00. The van der Waals surface area contributed by atoms with Gasteiger partial charge in [-0.2, -0.15) is 5.26 Å². The third kappa shape index (κ3) is 3.01. The van der Waals surface area contributed by atoms with E-state index >= 15 is 0 Å². The van der Waals surface area contributed by atoms with Crippen molar-refractivity contribution in [1.82, 2.24) is 0 Å². The zero-order valence-electron chi connectivity index (χ0n) is 9.85. The number of nitriles is 1. The maximum atomic E-state index is 10.9. The molecule has 1 aliphatic rings. The summed E-state index contributed by atoms with van der Waals surface area (Å²) in [6.45, 7) is 0. The first-order chi connectivity index (χ1) is 9.20. The van der Waals surface area contributed by atoms with Gasteiger partial charge in [-0.15, -0.1) is 0 Å². The fourth-order valence-corrected chi connectivity index (χ4v) is 1.50. The Bertz CT molecular complexity index is 628. The van der Waals surface area contributed by atoms with Crippen LogP contribution in [0.2, 0.25) is 0 Å². The average molecular weight is 254 g/mol. The molecule has 2 rings (SSSR count). The monoisotopic (exact) mass is 254 g/mol. The second kappa shape index (κ2) is 5.56. The predicted octanol–water partition coefficient (Wildman–Crippen LogP) is 2.29. The van der Waals surface area contributed by atoms with Crippen LogP contribution in [-0.2, 0) is 0 Å². The lowest BCUT2D eigenvalue weighted by atomic mass is 10.1. The van der Waals surface area contributed by atoms with Crippen LogP contribution in [0.5, 0.6) is 5.75 Å². The first-order valence-electron chi connectivity index (χ1n) is 5.46. The summed E-state index contributed by atoms with van der Waals surface area (Å²) in [5.41, 5.74) is 1.08. The Morgan fingerprint density at radius 2 is 1.89 bits per heavy atom. The molecule has 0 radical (unpaired) electrons. The van der Waals surface area contributed by atoms with Crippen molar-refractivity contribution in [3.8, 4) is 11.8 Å². The van der Waals surface area contributed by atoms with E-state index in [0.29, 0.717) is 16.9 Å². The lowest BCUT2D eigenvalue weighted by molar-refractivity contribution is -0.725. The summed E-state index contributed by atoms with van der Waals surface area (Å²) in [4.78, 5) is -0.214. The van der Waals surface area contributed by atoms with Gasteiger partial charge in [0.05, 0.1) is 17.2 Å². The van der Waals surface area contributed by atoms with Crippen LogP contribution in [0.3, 0.4) is 0 Å². The molecule has 5 heteroatoms. The molecule has 1 aliphatic carbocycles. The Labute approximate surface area is 109 Å². The number of hydrogen-bond acceptors (Lipinski definition) is 4. The minimum absolute atomic E-state index is 0.0937. The Kier molecular flexibility index (Phi) is 3.64. The first-order valence-corrected chi connectivity index (χ1v) is 5.46. The van der Waals surface area contributed by atoms with Crippen LogP contribution in [-0.4, -0.2) is 15.8 Å². The van der Waals surface area contributed by atoms with E-state index in [1.807, 2.05) is 6.07 Å². The van der Waals surface area contributed by atoms with E-state index in [4.69, 9.17) is 15.2 Å². The average Bonchev–Trinajstić information content (AvgIpc) is 2.46. The largest absolute Gasteiger partial charge is 0.464 e. The summed E-state index contributed by atoms with van der Waals surface area (Å²) in [5, 5.41) is 28.5. The van der Waals surface area contributed by atoms with Gasteiger partial charge >= 0.3 is 0 Å². The number of allylic oxidation sites excluding steroid dienone is 5. The molecule has 0 spiro atoms. The van der Waals surface area contributed by atoms with Crippen molar-refractivity contribution < 1.29 is 14.8 Å². The Balaban J connectivity index is 2.18. The van der Waals surface area contributed by atoms with E-state index in [9.17, 15) is 5.21 Å². The van der Waals surface area contributed by atoms with Crippen molar-refractivity contribution in [1.29, 1.82) is 5.26 Å². The van der Waals surface area contributed by atoms with Crippen molar-refractivity contribution in [2.45, 2.75) is 0 Å². The highest BCUT2D eigenvalue weighted by Crippen LogP contribution is 2.14. The van der Waals surface area contributed by atoms with Crippen molar-refractivity contribution in [2.24, 2.45) is 0 Å². The number of ether oxygens (including phenoxy) is 1. The van der Waals surface area contributed by atoms with Gasteiger partial charge in [0.15, 0.2) is 0 Å². The van der Waals surface area contributed by atoms with Crippen molar-refractivity contribution in [3.63, 3.8) is 0 Å². The SMILES string of the molecule is N#Cc1ccc(O/C=C2\C=CC=C\C2=[N+](/[O-])O)cc1. The van der Waals surface area contributed by atoms with Crippen LogP contribution in [0.1, 0.15) is 5.56 Å². The van der Waals surface area contributed by atoms with Crippen molar-refractivity contribution in [2.75, 3.05) is 0 Å². The molecular formula is C14H10N2O3. The molecule has 0 unspecified atom stereocenters. The van der Waals surface area contributed by atoms with Gasteiger partial charge in [0.25, 0.3) is 5.71 Å². The predicted molar refractivity (Wildman–Crippen MR) is 68.6 cm³/mol. The van der Waals surface area contributed by atoms with Gasteiger partial charge in [-0.25, -0.2) is 0 Å². The highest BCUT2D eigenvalue weighted by Gasteiger charge is 2.14. The normalized spacial score (nSPS) is 18.2. The smallest absolute Gasteiger partial charge is 0.278 e. The van der Waals surface area contributed by atoms with Crippen LogP contribution in [0.25, 0.3) is 0 Å². The van der Waals surface area contributed by atoms with Gasteiger partial charge in [0.1, 0.15) is 12.0 Å². The standard InChI is InChI=1S/C14H10N2O3/c15-9-11-5-7-13(8-6-11)19-10-12-3-1-2-4-14(12)16(17)18/h1-8,10H,(H,17,18)/b12-10+. The molecule has 0 bridgehead atoms. The minimum Gasteiger partial charge on any atom is -0.464 e. The van der Waals surface area contributed by atoms with Gasteiger partial charge < -0.3 is 9.94 Å². The number of benzene rings is 1. The highest BCUT2D eigenvalue weighted by molar-refractivity contribution is 6.07. The lowest BCUT2D eigenvalue weighted by Gasteiger charge is -2.04. The van der Waals surface area contributed by atoms with Crippen LogP contribution in [0, 0.1) is 16.5 Å². The summed E-state index contributed by atoms with van der Waals surface area (Å²) in [6.07, 6.45) is 7.83. The summed E-state index contributed by atoms with van der Waals surface area (Å²) < 4.78 is 5.37. The summed E-state index contributed by atoms with van der Waals surface area (Å²) in [7, 11) is 0. The molecule has 94 valence electrons. The third-order valence-corrected chi connectivity index (χ3v) is 2.45. The Morgan fingerprint density at radius 3 is 2.53 bits per heavy atom. The molecule has 0 aliphatic heterocycles. The van der Waals surface area contributed by atoms with E-state index in [-0.39, 0.29) is 10.6 Å². The third-order valence-electron chi connectivity index (χ3n) is 2.45.